The van der Waals surface area contributed by atoms with E-state index in [2.05, 4.69) is 5.32 Å². The first kappa shape index (κ1) is 9.01. The number of hydrogen-bond acceptors (Lipinski definition) is 2. The van der Waals surface area contributed by atoms with Crippen LogP contribution in [0, 0.1) is 0 Å². The fourth-order valence-corrected chi connectivity index (χ4v) is 1.61. The van der Waals surface area contributed by atoms with Gasteiger partial charge >= 0.3 is 0 Å². The van der Waals surface area contributed by atoms with Crippen LogP contribution in [0.5, 0.6) is 0 Å². The summed E-state index contributed by atoms with van der Waals surface area (Å²) < 4.78 is 0. The van der Waals surface area contributed by atoms with E-state index in [1.54, 1.807) is 0 Å². The quantitative estimate of drug-likeness (QED) is 0.647. The van der Waals surface area contributed by atoms with Crippen molar-refractivity contribution < 1.29 is 5.11 Å². The summed E-state index contributed by atoms with van der Waals surface area (Å²) in [5.41, 5.74) is 0. The summed E-state index contributed by atoms with van der Waals surface area (Å²) in [7, 11) is 0. The van der Waals surface area contributed by atoms with Gasteiger partial charge in [-0.05, 0) is 39.2 Å². The van der Waals surface area contributed by atoms with Crippen LogP contribution < -0.4 is 5.32 Å². The molecule has 2 nitrogen and oxygen atoms in total. The molecule has 1 aliphatic rings. The van der Waals surface area contributed by atoms with Gasteiger partial charge in [-0.25, -0.2) is 0 Å². The highest BCUT2D eigenvalue weighted by atomic mass is 16.3. The lowest BCUT2D eigenvalue weighted by atomic mass is 9.99. The molecule has 1 saturated heterocycles. The Morgan fingerprint density at radius 3 is 2.91 bits per heavy atom. The summed E-state index contributed by atoms with van der Waals surface area (Å²) >= 11 is 0. The van der Waals surface area contributed by atoms with Gasteiger partial charge in [-0.2, -0.15) is 0 Å². The summed E-state index contributed by atoms with van der Waals surface area (Å²) in [6, 6.07) is 0.679. The van der Waals surface area contributed by atoms with E-state index in [9.17, 15) is 0 Å². The summed E-state index contributed by atoms with van der Waals surface area (Å²) in [5, 5.41) is 12.5. The molecule has 2 atom stereocenters. The maximum absolute atomic E-state index is 9.06. The zero-order valence-electron chi connectivity index (χ0n) is 7.34. The van der Waals surface area contributed by atoms with Crippen molar-refractivity contribution in [2.75, 3.05) is 6.54 Å². The lowest BCUT2D eigenvalue weighted by molar-refractivity contribution is 0.173. The van der Waals surface area contributed by atoms with Gasteiger partial charge in [0.25, 0.3) is 0 Å². The lowest BCUT2D eigenvalue weighted by Gasteiger charge is -2.23. The number of hydrogen-bond donors (Lipinski definition) is 2. The fourth-order valence-electron chi connectivity index (χ4n) is 1.61. The van der Waals surface area contributed by atoms with Crippen molar-refractivity contribution in [3.63, 3.8) is 0 Å². The van der Waals surface area contributed by atoms with Gasteiger partial charge < -0.3 is 10.4 Å². The van der Waals surface area contributed by atoms with E-state index in [0.717, 1.165) is 12.8 Å². The lowest BCUT2D eigenvalue weighted by Crippen LogP contribution is -2.34. The first-order valence-electron chi connectivity index (χ1n) is 4.70. The third-order valence-electron chi connectivity index (χ3n) is 2.35. The molecular formula is C9H19NO. The molecule has 0 amide bonds. The second-order valence-corrected chi connectivity index (χ2v) is 3.57. The molecule has 0 saturated carbocycles. The Labute approximate surface area is 69.0 Å². The smallest absolute Gasteiger partial charge is 0.0512 e. The second kappa shape index (κ2) is 4.73. The fraction of sp³-hybridized carbons (Fsp3) is 1.00. The van der Waals surface area contributed by atoms with Crippen molar-refractivity contribution in [3.05, 3.63) is 0 Å². The molecule has 0 aromatic rings. The van der Waals surface area contributed by atoms with Gasteiger partial charge in [-0.15, -0.1) is 0 Å². The number of aliphatic hydroxyl groups excluding tert-OH is 1. The highest BCUT2D eigenvalue weighted by Crippen LogP contribution is 2.12. The van der Waals surface area contributed by atoms with Crippen LogP contribution in [0.4, 0.5) is 0 Å². The Morgan fingerprint density at radius 2 is 2.36 bits per heavy atom. The SMILES string of the molecule is CC(O)CCC1CCCCN1. The molecule has 1 fully saturated rings. The zero-order valence-corrected chi connectivity index (χ0v) is 7.34. The zero-order chi connectivity index (χ0) is 8.10. The number of rotatable bonds is 3. The number of nitrogens with one attached hydrogen (secondary N) is 1. The van der Waals surface area contributed by atoms with Crippen molar-refractivity contribution >= 4 is 0 Å². The largest absolute Gasteiger partial charge is 0.393 e. The van der Waals surface area contributed by atoms with Crippen molar-refractivity contribution in [1.82, 2.24) is 5.32 Å². The Morgan fingerprint density at radius 1 is 1.55 bits per heavy atom. The standard InChI is InChI=1S/C9H19NO/c1-8(11)5-6-9-4-2-3-7-10-9/h8-11H,2-7H2,1H3. The van der Waals surface area contributed by atoms with Crippen LogP contribution in [-0.4, -0.2) is 23.8 Å². The van der Waals surface area contributed by atoms with Gasteiger partial charge in [0.1, 0.15) is 0 Å². The van der Waals surface area contributed by atoms with Gasteiger partial charge in [0.2, 0.25) is 0 Å². The Bertz CT molecular complexity index is 97.7. The summed E-state index contributed by atoms with van der Waals surface area (Å²) in [4.78, 5) is 0. The normalized spacial score (nSPS) is 28.4. The molecule has 1 aliphatic heterocycles. The van der Waals surface area contributed by atoms with Gasteiger partial charge in [0, 0.05) is 6.04 Å². The van der Waals surface area contributed by atoms with Crippen LogP contribution in [0.3, 0.4) is 0 Å². The third kappa shape index (κ3) is 3.73. The molecule has 0 bridgehead atoms. The van der Waals surface area contributed by atoms with Crippen LogP contribution in [0.25, 0.3) is 0 Å². The van der Waals surface area contributed by atoms with Crippen LogP contribution in [0.2, 0.25) is 0 Å². The topological polar surface area (TPSA) is 32.3 Å². The molecule has 0 radical (unpaired) electrons. The van der Waals surface area contributed by atoms with Crippen LogP contribution in [0.15, 0.2) is 0 Å². The van der Waals surface area contributed by atoms with E-state index in [-0.39, 0.29) is 6.10 Å². The molecule has 0 aromatic carbocycles. The van der Waals surface area contributed by atoms with Gasteiger partial charge in [-0.3, -0.25) is 0 Å². The maximum atomic E-state index is 9.06. The second-order valence-electron chi connectivity index (χ2n) is 3.57. The predicted octanol–water partition coefficient (Wildman–Crippen LogP) is 1.29. The van der Waals surface area contributed by atoms with Gasteiger partial charge in [0.05, 0.1) is 6.10 Å². The minimum atomic E-state index is -0.126. The average molecular weight is 157 g/mol. The van der Waals surface area contributed by atoms with Gasteiger partial charge in [-0.1, -0.05) is 6.42 Å². The molecule has 2 N–H and O–H groups in total. The van der Waals surface area contributed by atoms with Crippen molar-refractivity contribution in [3.8, 4) is 0 Å². The molecule has 2 heteroatoms. The molecule has 2 unspecified atom stereocenters. The minimum Gasteiger partial charge on any atom is -0.393 e. The maximum Gasteiger partial charge on any atom is 0.0512 e. The van der Waals surface area contributed by atoms with E-state index in [1.165, 1.54) is 25.8 Å². The van der Waals surface area contributed by atoms with Crippen LogP contribution >= 0.6 is 0 Å². The minimum absolute atomic E-state index is 0.126. The number of piperidine rings is 1. The van der Waals surface area contributed by atoms with E-state index < -0.39 is 0 Å². The van der Waals surface area contributed by atoms with E-state index >= 15 is 0 Å². The van der Waals surface area contributed by atoms with Crippen LogP contribution in [0.1, 0.15) is 39.0 Å². The van der Waals surface area contributed by atoms with E-state index in [1.807, 2.05) is 6.92 Å². The molecule has 1 heterocycles. The molecule has 0 aromatic heterocycles. The molecule has 0 aliphatic carbocycles. The molecule has 0 spiro atoms. The number of aliphatic hydroxyl groups is 1. The molecule has 11 heavy (non-hydrogen) atoms. The van der Waals surface area contributed by atoms with Crippen molar-refractivity contribution in [2.45, 2.75) is 51.2 Å². The summed E-state index contributed by atoms with van der Waals surface area (Å²) in [6.07, 6.45) is 5.93. The third-order valence-corrected chi connectivity index (χ3v) is 2.35. The summed E-state index contributed by atoms with van der Waals surface area (Å²) in [5.74, 6) is 0. The van der Waals surface area contributed by atoms with E-state index in [4.69, 9.17) is 5.11 Å². The molecule has 1 rings (SSSR count). The van der Waals surface area contributed by atoms with Crippen LogP contribution in [-0.2, 0) is 0 Å². The molecular weight excluding hydrogens is 138 g/mol. The van der Waals surface area contributed by atoms with Gasteiger partial charge in [0.15, 0.2) is 0 Å². The van der Waals surface area contributed by atoms with Crippen molar-refractivity contribution in [2.24, 2.45) is 0 Å². The highest BCUT2D eigenvalue weighted by molar-refractivity contribution is 4.72. The Balaban J connectivity index is 2.05. The predicted molar refractivity (Wildman–Crippen MR) is 46.6 cm³/mol. The Hall–Kier alpha value is -0.0800. The first-order valence-corrected chi connectivity index (χ1v) is 4.70. The monoisotopic (exact) mass is 157 g/mol. The average Bonchev–Trinajstić information content (AvgIpc) is 2.03. The van der Waals surface area contributed by atoms with Crippen molar-refractivity contribution in [1.29, 1.82) is 0 Å². The molecule has 66 valence electrons. The summed E-state index contributed by atoms with van der Waals surface area (Å²) in [6.45, 7) is 3.04. The first-order chi connectivity index (χ1) is 5.29. The Kier molecular flexibility index (Phi) is 3.87. The highest BCUT2D eigenvalue weighted by Gasteiger charge is 2.12. The van der Waals surface area contributed by atoms with E-state index in [0.29, 0.717) is 6.04 Å².